The first kappa shape index (κ1) is 19.5. The minimum atomic E-state index is -0.183. The number of H-pyrrole nitrogens is 1. The molecule has 1 N–H and O–H groups in total. The van der Waals surface area contributed by atoms with Crippen molar-refractivity contribution in [1.82, 2.24) is 14.9 Å². The average molecular weight is 413 g/mol. The maximum atomic E-state index is 13.6. The summed E-state index contributed by atoms with van der Waals surface area (Å²) in [5, 5.41) is 0. The average Bonchev–Trinajstić information content (AvgIpc) is 3.24. The minimum Gasteiger partial charge on any atom is -0.369 e. The molecular weight excluding hydrogens is 387 g/mol. The molecule has 31 heavy (non-hydrogen) atoms. The van der Waals surface area contributed by atoms with Crippen molar-refractivity contribution < 1.29 is 4.39 Å². The largest absolute Gasteiger partial charge is 0.369 e. The lowest BCUT2D eigenvalue weighted by molar-refractivity contribution is 0.244. The van der Waals surface area contributed by atoms with Gasteiger partial charge in [-0.15, -0.1) is 0 Å². The predicted octanol–water partition coefficient (Wildman–Crippen LogP) is 5.21. The topological polar surface area (TPSA) is 35.2 Å². The molecule has 1 aromatic heterocycles. The van der Waals surface area contributed by atoms with Crippen molar-refractivity contribution in [2.24, 2.45) is 0 Å². The van der Waals surface area contributed by atoms with Crippen LogP contribution in [0.4, 0.5) is 10.1 Å². The molecule has 3 aromatic carbocycles. The highest BCUT2D eigenvalue weighted by atomic mass is 19.1. The van der Waals surface area contributed by atoms with E-state index in [9.17, 15) is 4.39 Å². The van der Waals surface area contributed by atoms with E-state index < -0.39 is 0 Å². The van der Waals surface area contributed by atoms with Gasteiger partial charge in [0, 0.05) is 43.0 Å². The van der Waals surface area contributed by atoms with Gasteiger partial charge in [0.15, 0.2) is 0 Å². The van der Waals surface area contributed by atoms with Gasteiger partial charge in [-0.1, -0.05) is 66.7 Å². The lowest BCUT2D eigenvalue weighted by atomic mass is 10.1. The van der Waals surface area contributed by atoms with Crippen molar-refractivity contribution in [3.63, 3.8) is 0 Å². The SMILES string of the molecule is Fc1cccc(N2CCN(Cc3nc(-c4ccccc4)c(-c4ccccc4)[nH]3)CC2)c1. The van der Waals surface area contributed by atoms with E-state index in [4.69, 9.17) is 4.98 Å². The molecule has 2 heterocycles. The van der Waals surface area contributed by atoms with Crippen LogP contribution in [0.5, 0.6) is 0 Å². The summed E-state index contributed by atoms with van der Waals surface area (Å²) in [5.41, 5.74) is 5.24. The highest BCUT2D eigenvalue weighted by Crippen LogP contribution is 2.30. The lowest BCUT2D eigenvalue weighted by Crippen LogP contribution is -2.46. The molecular formula is C26H25FN4. The summed E-state index contributed by atoms with van der Waals surface area (Å²) in [6, 6.07) is 27.5. The standard InChI is InChI=1S/C26H25FN4/c27-22-12-7-13-23(18-22)31-16-14-30(15-17-31)19-24-28-25(20-8-3-1-4-9-20)26(29-24)21-10-5-2-6-11-21/h1-13,18H,14-17,19H2,(H,28,29). The smallest absolute Gasteiger partial charge is 0.125 e. The molecule has 0 saturated carbocycles. The number of nitrogens with zero attached hydrogens (tertiary/aromatic N) is 3. The highest BCUT2D eigenvalue weighted by molar-refractivity contribution is 5.78. The van der Waals surface area contributed by atoms with Gasteiger partial charge in [0.05, 0.1) is 17.9 Å². The first-order chi connectivity index (χ1) is 15.3. The minimum absolute atomic E-state index is 0.183. The van der Waals surface area contributed by atoms with Crippen LogP contribution in [-0.2, 0) is 6.54 Å². The molecule has 4 aromatic rings. The normalized spacial score (nSPS) is 14.7. The molecule has 0 radical (unpaired) electrons. The van der Waals surface area contributed by atoms with E-state index in [1.54, 1.807) is 12.1 Å². The second kappa shape index (κ2) is 8.74. The summed E-state index contributed by atoms with van der Waals surface area (Å²) in [5.74, 6) is 0.786. The number of aromatic nitrogens is 2. The molecule has 0 atom stereocenters. The number of aromatic amines is 1. The number of anilines is 1. The molecule has 1 aliphatic heterocycles. The Bertz CT molecular complexity index is 1080. The van der Waals surface area contributed by atoms with Gasteiger partial charge in [-0.2, -0.15) is 0 Å². The Balaban J connectivity index is 1.34. The first-order valence-corrected chi connectivity index (χ1v) is 10.7. The number of rotatable bonds is 5. The molecule has 0 spiro atoms. The first-order valence-electron chi connectivity index (χ1n) is 10.7. The highest BCUT2D eigenvalue weighted by Gasteiger charge is 2.20. The van der Waals surface area contributed by atoms with E-state index >= 15 is 0 Å². The summed E-state index contributed by atoms with van der Waals surface area (Å²) in [4.78, 5) is 13.2. The maximum Gasteiger partial charge on any atom is 0.125 e. The van der Waals surface area contributed by atoms with E-state index in [-0.39, 0.29) is 5.82 Å². The molecule has 5 rings (SSSR count). The fourth-order valence-electron chi connectivity index (χ4n) is 4.16. The third kappa shape index (κ3) is 4.37. The van der Waals surface area contributed by atoms with Crippen LogP contribution in [0.25, 0.3) is 22.5 Å². The number of benzene rings is 3. The molecule has 0 amide bonds. The molecule has 0 unspecified atom stereocenters. The third-order valence-corrected chi connectivity index (χ3v) is 5.78. The second-order valence-electron chi connectivity index (χ2n) is 7.88. The number of imidazole rings is 1. The van der Waals surface area contributed by atoms with Crippen molar-refractivity contribution >= 4 is 5.69 Å². The Kier molecular flexibility index (Phi) is 5.50. The fourth-order valence-corrected chi connectivity index (χ4v) is 4.16. The molecule has 1 fully saturated rings. The summed E-state index contributed by atoms with van der Waals surface area (Å²) in [6.07, 6.45) is 0. The lowest BCUT2D eigenvalue weighted by Gasteiger charge is -2.35. The number of nitrogens with one attached hydrogen (secondary N) is 1. The Morgan fingerprint density at radius 2 is 1.45 bits per heavy atom. The number of halogens is 1. The van der Waals surface area contributed by atoms with Gasteiger partial charge < -0.3 is 9.88 Å². The molecule has 0 bridgehead atoms. The van der Waals surface area contributed by atoms with Crippen LogP contribution in [0.3, 0.4) is 0 Å². The molecule has 4 nitrogen and oxygen atoms in total. The van der Waals surface area contributed by atoms with E-state index in [2.05, 4.69) is 51.2 Å². The summed E-state index contributed by atoms with van der Waals surface area (Å²) >= 11 is 0. The second-order valence-corrected chi connectivity index (χ2v) is 7.88. The molecule has 1 aliphatic rings. The molecule has 0 aliphatic carbocycles. The zero-order chi connectivity index (χ0) is 21.0. The van der Waals surface area contributed by atoms with Crippen molar-refractivity contribution in [1.29, 1.82) is 0 Å². The van der Waals surface area contributed by atoms with E-state index in [0.717, 1.165) is 66.8 Å². The van der Waals surface area contributed by atoms with Gasteiger partial charge in [-0.05, 0) is 18.2 Å². The summed E-state index contributed by atoms with van der Waals surface area (Å²) in [7, 11) is 0. The summed E-state index contributed by atoms with van der Waals surface area (Å²) < 4.78 is 13.6. The van der Waals surface area contributed by atoms with Crippen LogP contribution in [0.2, 0.25) is 0 Å². The van der Waals surface area contributed by atoms with E-state index in [0.29, 0.717) is 0 Å². The van der Waals surface area contributed by atoms with E-state index in [1.165, 1.54) is 6.07 Å². The van der Waals surface area contributed by atoms with Crippen molar-refractivity contribution in [3.05, 3.63) is 96.6 Å². The number of hydrogen-bond donors (Lipinski definition) is 1. The number of piperazine rings is 1. The van der Waals surface area contributed by atoms with Crippen LogP contribution < -0.4 is 4.90 Å². The zero-order valence-corrected chi connectivity index (χ0v) is 17.3. The van der Waals surface area contributed by atoms with Gasteiger partial charge in [0.1, 0.15) is 11.6 Å². The van der Waals surface area contributed by atoms with Gasteiger partial charge in [-0.25, -0.2) is 9.37 Å². The Morgan fingerprint density at radius 1 is 0.774 bits per heavy atom. The molecule has 1 saturated heterocycles. The maximum absolute atomic E-state index is 13.6. The van der Waals surface area contributed by atoms with Crippen LogP contribution in [0.1, 0.15) is 5.82 Å². The van der Waals surface area contributed by atoms with Crippen molar-refractivity contribution in [2.45, 2.75) is 6.54 Å². The van der Waals surface area contributed by atoms with Crippen molar-refractivity contribution in [2.75, 3.05) is 31.1 Å². The zero-order valence-electron chi connectivity index (χ0n) is 17.3. The van der Waals surface area contributed by atoms with Crippen LogP contribution >= 0.6 is 0 Å². The van der Waals surface area contributed by atoms with Gasteiger partial charge in [-0.3, -0.25) is 4.90 Å². The van der Waals surface area contributed by atoms with Gasteiger partial charge >= 0.3 is 0 Å². The molecule has 5 heteroatoms. The Labute approximate surface area is 182 Å². The van der Waals surface area contributed by atoms with Gasteiger partial charge in [0.2, 0.25) is 0 Å². The van der Waals surface area contributed by atoms with Crippen molar-refractivity contribution in [3.8, 4) is 22.5 Å². The summed E-state index contributed by atoms with van der Waals surface area (Å²) in [6.45, 7) is 4.35. The predicted molar refractivity (Wildman–Crippen MR) is 123 cm³/mol. The fraction of sp³-hybridized carbons (Fsp3) is 0.192. The number of hydrogen-bond acceptors (Lipinski definition) is 3. The Hall–Kier alpha value is -3.44. The van der Waals surface area contributed by atoms with Crippen LogP contribution in [0, 0.1) is 5.82 Å². The molecule has 156 valence electrons. The Morgan fingerprint density at radius 3 is 2.13 bits per heavy atom. The van der Waals surface area contributed by atoms with Gasteiger partial charge in [0.25, 0.3) is 0 Å². The quantitative estimate of drug-likeness (QED) is 0.489. The van der Waals surface area contributed by atoms with Crippen LogP contribution in [0.15, 0.2) is 84.9 Å². The van der Waals surface area contributed by atoms with Crippen LogP contribution in [-0.4, -0.2) is 41.0 Å². The third-order valence-electron chi connectivity index (χ3n) is 5.78. The van der Waals surface area contributed by atoms with E-state index in [1.807, 2.05) is 30.3 Å². The monoisotopic (exact) mass is 412 g/mol.